The molecule has 2 aliphatic rings. The molecule has 3 atom stereocenters. The maximum absolute atomic E-state index is 13.0. The molecule has 3 N–H and O–H groups in total. The van der Waals surface area contributed by atoms with Crippen molar-refractivity contribution in [3.8, 4) is 11.4 Å². The SMILES string of the molecule is CCCCC1CN(C(=O)[C@@H]2C[C@@H](O)CN2)Cc2c1nc(-c1ccc(Cl)cc1)[nH]c2=O. The Morgan fingerprint density at radius 2 is 2.10 bits per heavy atom. The van der Waals surface area contributed by atoms with Crippen molar-refractivity contribution in [2.45, 2.75) is 57.2 Å². The number of amides is 1. The average Bonchev–Trinajstić information content (AvgIpc) is 3.18. The zero-order valence-electron chi connectivity index (χ0n) is 17.0. The molecule has 1 saturated heterocycles. The zero-order valence-corrected chi connectivity index (χ0v) is 17.8. The van der Waals surface area contributed by atoms with Crippen molar-refractivity contribution in [2.75, 3.05) is 13.1 Å². The number of unbranched alkanes of at least 4 members (excludes halogenated alkanes) is 1. The maximum Gasteiger partial charge on any atom is 0.256 e. The molecule has 4 rings (SSSR count). The Balaban J connectivity index is 1.67. The number of carbonyl (C=O) groups is 1. The van der Waals surface area contributed by atoms with Crippen molar-refractivity contribution >= 4 is 17.5 Å². The van der Waals surface area contributed by atoms with Crippen LogP contribution in [0, 0.1) is 0 Å². The van der Waals surface area contributed by atoms with E-state index in [1.54, 1.807) is 17.0 Å². The van der Waals surface area contributed by atoms with E-state index in [4.69, 9.17) is 16.6 Å². The molecule has 0 spiro atoms. The number of H-pyrrole nitrogens is 1. The number of nitrogens with one attached hydrogen (secondary N) is 2. The van der Waals surface area contributed by atoms with E-state index in [2.05, 4.69) is 17.2 Å². The van der Waals surface area contributed by atoms with Gasteiger partial charge in [-0.2, -0.15) is 0 Å². The van der Waals surface area contributed by atoms with E-state index in [1.165, 1.54) is 0 Å². The van der Waals surface area contributed by atoms with Crippen LogP contribution in [0.2, 0.25) is 5.02 Å². The first-order chi connectivity index (χ1) is 14.5. The number of nitrogens with zero attached hydrogens (tertiary/aromatic N) is 2. The van der Waals surface area contributed by atoms with E-state index in [-0.39, 0.29) is 23.9 Å². The summed E-state index contributed by atoms with van der Waals surface area (Å²) in [6, 6.07) is 6.82. The molecule has 160 valence electrons. The number of fused-ring (bicyclic) bond motifs is 1. The minimum atomic E-state index is -0.501. The number of halogens is 1. The Labute approximate surface area is 180 Å². The molecule has 1 fully saturated rings. The third-order valence-electron chi connectivity index (χ3n) is 5.97. The van der Waals surface area contributed by atoms with Gasteiger partial charge in [0.05, 0.1) is 29.9 Å². The summed E-state index contributed by atoms with van der Waals surface area (Å²) < 4.78 is 0. The van der Waals surface area contributed by atoms with Crippen LogP contribution in [0.15, 0.2) is 29.1 Å². The highest BCUT2D eigenvalue weighted by molar-refractivity contribution is 6.30. The van der Waals surface area contributed by atoms with Crippen LogP contribution in [-0.2, 0) is 11.3 Å². The van der Waals surface area contributed by atoms with E-state index in [1.807, 2.05) is 12.1 Å². The highest BCUT2D eigenvalue weighted by Crippen LogP contribution is 2.31. The summed E-state index contributed by atoms with van der Waals surface area (Å²) in [5, 5.41) is 13.5. The molecule has 1 unspecified atom stereocenters. The van der Waals surface area contributed by atoms with Crippen molar-refractivity contribution in [3.05, 3.63) is 50.9 Å². The van der Waals surface area contributed by atoms with Crippen molar-refractivity contribution in [3.63, 3.8) is 0 Å². The molecule has 0 aliphatic carbocycles. The number of aliphatic hydroxyl groups excluding tert-OH is 1. The number of benzene rings is 1. The second kappa shape index (κ2) is 8.88. The number of aromatic nitrogens is 2. The fourth-order valence-corrected chi connectivity index (χ4v) is 4.46. The molecule has 2 aliphatic heterocycles. The van der Waals surface area contributed by atoms with Crippen LogP contribution >= 0.6 is 11.6 Å². The molecule has 7 nitrogen and oxygen atoms in total. The molecule has 1 aromatic heterocycles. The molecule has 1 amide bonds. The molecule has 1 aromatic carbocycles. The molecular weight excluding hydrogens is 404 g/mol. The molecule has 2 aromatic rings. The summed E-state index contributed by atoms with van der Waals surface area (Å²) in [5.74, 6) is 0.481. The normalized spacial score (nSPS) is 23.4. The molecule has 0 saturated carbocycles. The molecule has 0 radical (unpaired) electrons. The summed E-state index contributed by atoms with van der Waals surface area (Å²) in [6.07, 6.45) is 2.80. The lowest BCUT2D eigenvalue weighted by atomic mass is 9.90. The first-order valence-electron chi connectivity index (χ1n) is 10.6. The Kier molecular flexibility index (Phi) is 6.22. The van der Waals surface area contributed by atoms with E-state index in [0.29, 0.717) is 35.9 Å². The molecule has 3 heterocycles. The lowest BCUT2D eigenvalue weighted by molar-refractivity contribution is -0.134. The minimum absolute atomic E-state index is 0.0114. The van der Waals surface area contributed by atoms with Crippen molar-refractivity contribution in [1.29, 1.82) is 0 Å². The quantitative estimate of drug-likeness (QED) is 0.676. The molecule has 0 bridgehead atoms. The number of rotatable bonds is 5. The summed E-state index contributed by atoms with van der Waals surface area (Å²) >= 11 is 5.98. The van der Waals surface area contributed by atoms with Crippen LogP contribution in [0.1, 0.15) is 49.8 Å². The van der Waals surface area contributed by atoms with Crippen molar-refractivity contribution in [1.82, 2.24) is 20.2 Å². The first kappa shape index (κ1) is 21.0. The number of β-amino-alcohol motifs (C(OH)–C–C–N with tert-alkyl or cyclic N) is 1. The van der Waals surface area contributed by atoms with E-state index >= 15 is 0 Å². The second-order valence-corrected chi connectivity index (χ2v) is 8.63. The highest BCUT2D eigenvalue weighted by Gasteiger charge is 2.36. The van der Waals surface area contributed by atoms with Crippen molar-refractivity contribution in [2.24, 2.45) is 0 Å². The number of hydrogen-bond acceptors (Lipinski definition) is 5. The standard InChI is InChI=1S/C22H27ClN4O3/c1-2-3-4-14-11-27(22(30)18-9-16(28)10-24-18)12-17-19(14)25-20(26-21(17)29)13-5-7-15(23)8-6-13/h5-8,14,16,18,24,28H,2-4,9-12H2,1H3,(H,25,26,29)/t14?,16-,18+/m1/s1. The van der Waals surface area contributed by atoms with Gasteiger partial charge in [-0.1, -0.05) is 31.4 Å². The maximum atomic E-state index is 13.0. The summed E-state index contributed by atoms with van der Waals surface area (Å²) in [5.41, 5.74) is 1.95. The second-order valence-electron chi connectivity index (χ2n) is 8.19. The van der Waals surface area contributed by atoms with E-state index in [0.717, 1.165) is 30.5 Å². The van der Waals surface area contributed by atoms with Crippen LogP contribution in [0.25, 0.3) is 11.4 Å². The first-order valence-corrected chi connectivity index (χ1v) is 10.9. The fourth-order valence-electron chi connectivity index (χ4n) is 4.33. The van der Waals surface area contributed by atoms with Gasteiger partial charge in [-0.15, -0.1) is 0 Å². The topological polar surface area (TPSA) is 98.3 Å². The Bertz CT molecular complexity index is 975. The molecule has 30 heavy (non-hydrogen) atoms. The lowest BCUT2D eigenvalue weighted by Crippen LogP contribution is -2.48. The van der Waals surface area contributed by atoms with Gasteiger partial charge >= 0.3 is 0 Å². The average molecular weight is 431 g/mol. The largest absolute Gasteiger partial charge is 0.392 e. The molecular formula is C22H27ClN4O3. The van der Waals surface area contributed by atoms with Gasteiger partial charge in [0.1, 0.15) is 5.82 Å². The fraction of sp³-hybridized carbons (Fsp3) is 0.500. The van der Waals surface area contributed by atoms with Gasteiger partial charge < -0.3 is 20.3 Å². The van der Waals surface area contributed by atoms with Gasteiger partial charge in [0.25, 0.3) is 5.56 Å². The minimum Gasteiger partial charge on any atom is -0.392 e. The summed E-state index contributed by atoms with van der Waals surface area (Å²) in [7, 11) is 0. The van der Waals surface area contributed by atoms with E-state index < -0.39 is 12.1 Å². The number of hydrogen-bond donors (Lipinski definition) is 3. The number of aliphatic hydroxyl groups is 1. The van der Waals surface area contributed by atoms with Crippen LogP contribution < -0.4 is 10.9 Å². The van der Waals surface area contributed by atoms with Crippen LogP contribution in [0.3, 0.4) is 0 Å². The Morgan fingerprint density at radius 3 is 2.77 bits per heavy atom. The lowest BCUT2D eigenvalue weighted by Gasteiger charge is -2.35. The van der Waals surface area contributed by atoms with Gasteiger partial charge in [-0.3, -0.25) is 9.59 Å². The van der Waals surface area contributed by atoms with Gasteiger partial charge in [0.15, 0.2) is 0 Å². The van der Waals surface area contributed by atoms with Crippen LogP contribution in [-0.4, -0.2) is 51.1 Å². The van der Waals surface area contributed by atoms with E-state index in [9.17, 15) is 14.7 Å². The summed E-state index contributed by atoms with van der Waals surface area (Å²) in [6.45, 7) is 3.33. The van der Waals surface area contributed by atoms with Gasteiger partial charge in [-0.05, 0) is 37.1 Å². The smallest absolute Gasteiger partial charge is 0.256 e. The Morgan fingerprint density at radius 1 is 1.33 bits per heavy atom. The predicted octanol–water partition coefficient (Wildman–Crippen LogP) is 2.43. The number of aromatic amines is 1. The van der Waals surface area contributed by atoms with Crippen LogP contribution in [0.5, 0.6) is 0 Å². The third-order valence-corrected chi connectivity index (χ3v) is 6.22. The predicted molar refractivity (Wildman–Crippen MR) is 115 cm³/mol. The molecule has 8 heteroatoms. The zero-order chi connectivity index (χ0) is 21.3. The van der Waals surface area contributed by atoms with Gasteiger partial charge in [-0.25, -0.2) is 4.98 Å². The summed E-state index contributed by atoms with van der Waals surface area (Å²) in [4.78, 5) is 35.4. The third kappa shape index (κ3) is 4.29. The van der Waals surface area contributed by atoms with Crippen LogP contribution in [0.4, 0.5) is 0 Å². The van der Waals surface area contributed by atoms with Crippen molar-refractivity contribution < 1.29 is 9.90 Å². The highest BCUT2D eigenvalue weighted by atomic mass is 35.5. The number of carbonyl (C=O) groups excluding carboxylic acids is 1. The van der Waals surface area contributed by atoms with Gasteiger partial charge in [0.2, 0.25) is 5.91 Å². The van der Waals surface area contributed by atoms with Gasteiger partial charge in [0, 0.05) is 29.6 Å². The monoisotopic (exact) mass is 430 g/mol. The Hall–Kier alpha value is -2.22.